The summed E-state index contributed by atoms with van der Waals surface area (Å²) in [6, 6.07) is 0.303. The number of rotatable bonds is 1. The molecule has 1 aliphatic carbocycles. The van der Waals surface area contributed by atoms with Crippen LogP contribution in [0.1, 0.15) is 39.0 Å². The summed E-state index contributed by atoms with van der Waals surface area (Å²) in [4.78, 5) is 0. The fraction of sp³-hybridized carbons (Fsp3) is 1.00. The monoisotopic (exact) mass is 231 g/mol. The Morgan fingerprint density at radius 2 is 1.80 bits per heavy atom. The van der Waals surface area contributed by atoms with Gasteiger partial charge in [0.25, 0.3) is 0 Å². The molecule has 3 nitrogen and oxygen atoms in total. The number of hydrogen-bond acceptors (Lipinski definition) is 2. The lowest BCUT2D eigenvalue weighted by Gasteiger charge is -2.45. The third-order valence-electron chi connectivity index (χ3n) is 4.11. The minimum atomic E-state index is -2.99. The van der Waals surface area contributed by atoms with Gasteiger partial charge in [-0.2, -0.15) is 4.31 Å². The first kappa shape index (κ1) is 11.4. The van der Waals surface area contributed by atoms with Crippen molar-refractivity contribution in [1.29, 1.82) is 0 Å². The molecule has 0 aromatic carbocycles. The Morgan fingerprint density at radius 1 is 1.13 bits per heavy atom. The smallest absolute Gasteiger partial charge is 0.211 e. The first-order chi connectivity index (χ1) is 7.00. The number of nitrogens with zero attached hydrogens (tertiary/aromatic N) is 1. The molecule has 0 aromatic heterocycles. The summed E-state index contributed by atoms with van der Waals surface area (Å²) in [5, 5.41) is 0. The molecule has 0 radical (unpaired) electrons. The van der Waals surface area contributed by atoms with Gasteiger partial charge in [0, 0.05) is 12.6 Å². The molecule has 2 aliphatic rings. The van der Waals surface area contributed by atoms with Crippen LogP contribution in [0.2, 0.25) is 0 Å². The number of hydrogen-bond donors (Lipinski definition) is 0. The van der Waals surface area contributed by atoms with E-state index in [0.29, 0.717) is 17.9 Å². The Balaban J connectivity index is 2.21. The zero-order chi connectivity index (χ0) is 11.1. The van der Waals surface area contributed by atoms with Gasteiger partial charge in [0.05, 0.1) is 6.26 Å². The number of piperidine rings is 1. The highest BCUT2D eigenvalue weighted by molar-refractivity contribution is 7.88. The average Bonchev–Trinajstić information content (AvgIpc) is 2.17. The average molecular weight is 231 g/mol. The largest absolute Gasteiger partial charge is 0.212 e. The number of sulfonamides is 1. The van der Waals surface area contributed by atoms with Gasteiger partial charge in [-0.25, -0.2) is 8.42 Å². The van der Waals surface area contributed by atoms with Crippen molar-refractivity contribution < 1.29 is 8.42 Å². The summed E-state index contributed by atoms with van der Waals surface area (Å²) in [5.41, 5.74) is 0. The summed E-state index contributed by atoms with van der Waals surface area (Å²) in [7, 11) is -2.99. The normalized spacial score (nSPS) is 38.7. The lowest BCUT2D eigenvalue weighted by atomic mass is 9.74. The summed E-state index contributed by atoms with van der Waals surface area (Å²) in [6.45, 7) is 3.02. The SMILES string of the molecule is CC1CCN(S(C)(=O)=O)C2CCCCC12. The van der Waals surface area contributed by atoms with E-state index >= 15 is 0 Å². The lowest BCUT2D eigenvalue weighted by molar-refractivity contribution is 0.0832. The summed E-state index contributed by atoms with van der Waals surface area (Å²) >= 11 is 0. The molecule has 4 heteroatoms. The highest BCUT2D eigenvalue weighted by atomic mass is 32.2. The minimum Gasteiger partial charge on any atom is -0.212 e. The van der Waals surface area contributed by atoms with Crippen LogP contribution in [0.4, 0.5) is 0 Å². The van der Waals surface area contributed by atoms with Crippen LogP contribution in [0, 0.1) is 11.8 Å². The summed E-state index contributed by atoms with van der Waals surface area (Å²) in [5.74, 6) is 1.32. The van der Waals surface area contributed by atoms with Crippen molar-refractivity contribution in [2.45, 2.75) is 45.1 Å². The fourth-order valence-corrected chi connectivity index (χ4v) is 4.47. The Labute approximate surface area is 92.9 Å². The van der Waals surface area contributed by atoms with Crippen LogP contribution in [0.15, 0.2) is 0 Å². The van der Waals surface area contributed by atoms with Crippen LogP contribution >= 0.6 is 0 Å². The van der Waals surface area contributed by atoms with Gasteiger partial charge in [0.2, 0.25) is 10.0 Å². The molecule has 0 N–H and O–H groups in total. The minimum absolute atomic E-state index is 0.303. The van der Waals surface area contributed by atoms with Gasteiger partial charge in [0.1, 0.15) is 0 Å². The molecule has 3 atom stereocenters. The molecule has 88 valence electrons. The fourth-order valence-electron chi connectivity index (χ4n) is 3.28. The molecular weight excluding hydrogens is 210 g/mol. The van der Waals surface area contributed by atoms with Crippen molar-refractivity contribution in [2.75, 3.05) is 12.8 Å². The molecule has 2 fully saturated rings. The van der Waals surface area contributed by atoms with Gasteiger partial charge in [-0.3, -0.25) is 0 Å². The van der Waals surface area contributed by atoms with E-state index in [-0.39, 0.29) is 0 Å². The zero-order valence-corrected chi connectivity index (χ0v) is 10.5. The lowest BCUT2D eigenvalue weighted by Crippen LogP contribution is -2.51. The van der Waals surface area contributed by atoms with Gasteiger partial charge in [-0.1, -0.05) is 19.8 Å². The van der Waals surface area contributed by atoms with Crippen LogP contribution < -0.4 is 0 Å². The van der Waals surface area contributed by atoms with Crippen LogP contribution in [0.5, 0.6) is 0 Å². The second-order valence-corrected chi connectivity index (χ2v) is 7.09. The molecule has 0 spiro atoms. The molecular formula is C11H21NO2S. The van der Waals surface area contributed by atoms with E-state index in [9.17, 15) is 8.42 Å². The first-order valence-electron chi connectivity index (χ1n) is 5.97. The number of fused-ring (bicyclic) bond motifs is 1. The van der Waals surface area contributed by atoms with E-state index in [0.717, 1.165) is 19.4 Å². The molecule has 15 heavy (non-hydrogen) atoms. The van der Waals surface area contributed by atoms with Crippen LogP contribution in [-0.2, 0) is 10.0 Å². The molecule has 0 aromatic rings. The van der Waals surface area contributed by atoms with Crippen molar-refractivity contribution in [1.82, 2.24) is 4.31 Å². The standard InChI is InChI=1S/C11H21NO2S/c1-9-7-8-12(15(2,13)14)11-6-4-3-5-10(9)11/h9-11H,3-8H2,1-2H3. The molecule has 0 amide bonds. The predicted molar refractivity (Wildman–Crippen MR) is 61.1 cm³/mol. The molecule has 1 heterocycles. The Hall–Kier alpha value is -0.0900. The van der Waals surface area contributed by atoms with Crippen molar-refractivity contribution >= 4 is 10.0 Å². The Bertz CT molecular complexity index is 325. The van der Waals surface area contributed by atoms with Gasteiger partial charge >= 0.3 is 0 Å². The molecule has 0 bridgehead atoms. The van der Waals surface area contributed by atoms with Gasteiger partial charge in [0.15, 0.2) is 0 Å². The van der Waals surface area contributed by atoms with Crippen molar-refractivity contribution in [2.24, 2.45) is 11.8 Å². The van der Waals surface area contributed by atoms with Crippen LogP contribution in [0.3, 0.4) is 0 Å². The molecule has 1 aliphatic heterocycles. The maximum absolute atomic E-state index is 11.7. The van der Waals surface area contributed by atoms with Gasteiger partial charge in [-0.15, -0.1) is 0 Å². The maximum Gasteiger partial charge on any atom is 0.211 e. The van der Waals surface area contributed by atoms with E-state index in [2.05, 4.69) is 6.92 Å². The highest BCUT2D eigenvalue weighted by Crippen LogP contribution is 2.39. The third kappa shape index (κ3) is 2.21. The van der Waals surface area contributed by atoms with Crippen LogP contribution in [0.25, 0.3) is 0 Å². The third-order valence-corrected chi connectivity index (χ3v) is 5.42. The molecule has 2 rings (SSSR count). The Kier molecular flexibility index (Phi) is 3.08. The molecule has 1 saturated carbocycles. The molecule has 1 saturated heterocycles. The predicted octanol–water partition coefficient (Wildman–Crippen LogP) is 1.85. The first-order valence-corrected chi connectivity index (χ1v) is 7.82. The van der Waals surface area contributed by atoms with Gasteiger partial charge in [-0.05, 0) is 31.1 Å². The topological polar surface area (TPSA) is 37.4 Å². The zero-order valence-electron chi connectivity index (χ0n) is 9.65. The molecule has 3 unspecified atom stereocenters. The van der Waals surface area contributed by atoms with E-state index in [1.54, 1.807) is 4.31 Å². The second-order valence-electron chi connectivity index (χ2n) is 5.16. The highest BCUT2D eigenvalue weighted by Gasteiger charge is 2.40. The quantitative estimate of drug-likeness (QED) is 0.690. The van der Waals surface area contributed by atoms with Gasteiger partial charge < -0.3 is 0 Å². The Morgan fingerprint density at radius 3 is 2.47 bits per heavy atom. The van der Waals surface area contributed by atoms with E-state index in [4.69, 9.17) is 0 Å². The van der Waals surface area contributed by atoms with Crippen molar-refractivity contribution in [3.8, 4) is 0 Å². The van der Waals surface area contributed by atoms with E-state index in [1.807, 2.05) is 0 Å². The maximum atomic E-state index is 11.7. The summed E-state index contributed by atoms with van der Waals surface area (Å²) in [6.07, 6.45) is 7.16. The summed E-state index contributed by atoms with van der Waals surface area (Å²) < 4.78 is 25.1. The van der Waals surface area contributed by atoms with E-state index in [1.165, 1.54) is 25.5 Å². The van der Waals surface area contributed by atoms with E-state index < -0.39 is 10.0 Å². The van der Waals surface area contributed by atoms with Crippen molar-refractivity contribution in [3.63, 3.8) is 0 Å². The van der Waals surface area contributed by atoms with Crippen molar-refractivity contribution in [3.05, 3.63) is 0 Å². The second kappa shape index (κ2) is 4.06. The van der Waals surface area contributed by atoms with Crippen LogP contribution in [-0.4, -0.2) is 31.6 Å².